The van der Waals surface area contributed by atoms with Crippen LogP contribution in [0, 0.1) is 0 Å². The molecule has 0 saturated heterocycles. The van der Waals surface area contributed by atoms with Crippen LogP contribution in [-0.2, 0) is 6.54 Å². The highest BCUT2D eigenvalue weighted by atomic mass is 79.9. The van der Waals surface area contributed by atoms with E-state index in [1.807, 2.05) is 17.1 Å². The van der Waals surface area contributed by atoms with Crippen molar-refractivity contribution in [3.05, 3.63) is 82.9 Å². The van der Waals surface area contributed by atoms with Crippen LogP contribution >= 0.6 is 15.9 Å². The average molecular weight is 370 g/mol. The fourth-order valence-electron chi connectivity index (χ4n) is 2.63. The number of hydrogen-bond acceptors (Lipinski definition) is 2. The molecule has 1 unspecified atom stereocenters. The number of benzene rings is 2. The molecule has 0 aliphatic carbocycles. The van der Waals surface area contributed by atoms with E-state index < -0.39 is 0 Å². The van der Waals surface area contributed by atoms with Gasteiger partial charge in [0.15, 0.2) is 0 Å². The van der Waals surface area contributed by atoms with Crippen LogP contribution in [0.15, 0.2) is 71.7 Å². The van der Waals surface area contributed by atoms with E-state index in [0.29, 0.717) is 6.04 Å². The van der Waals surface area contributed by atoms with Crippen molar-refractivity contribution < 1.29 is 0 Å². The molecule has 0 aliphatic heterocycles. The first kappa shape index (κ1) is 16.0. The number of rotatable bonds is 6. The number of nitrogens with one attached hydrogen (secondary N) is 1. The minimum absolute atomic E-state index is 0.372. The normalized spacial score (nSPS) is 12.3. The largest absolute Gasteiger partial charge is 0.306 e. The standard InChI is InChI=1S/C19H20BrN3/c1-2-19(16-5-7-17(20)8-6-16)22-13-15-3-9-18(10-4-15)23-12-11-21-14-23/h3-12,14,19,22H,2,13H2,1H3. The van der Waals surface area contributed by atoms with Gasteiger partial charge >= 0.3 is 0 Å². The van der Waals surface area contributed by atoms with E-state index in [1.165, 1.54) is 11.1 Å². The van der Waals surface area contributed by atoms with Gasteiger partial charge in [-0.3, -0.25) is 0 Å². The molecule has 3 rings (SSSR count). The summed E-state index contributed by atoms with van der Waals surface area (Å²) in [5.74, 6) is 0. The lowest BCUT2D eigenvalue weighted by Crippen LogP contribution is -2.20. The summed E-state index contributed by atoms with van der Waals surface area (Å²) in [6.07, 6.45) is 6.62. The Balaban J connectivity index is 1.63. The molecule has 0 aliphatic rings. The zero-order valence-electron chi connectivity index (χ0n) is 13.1. The first-order valence-electron chi connectivity index (χ1n) is 7.82. The maximum absolute atomic E-state index is 4.08. The quantitative estimate of drug-likeness (QED) is 0.671. The zero-order chi connectivity index (χ0) is 16.1. The van der Waals surface area contributed by atoms with E-state index in [0.717, 1.165) is 23.1 Å². The van der Waals surface area contributed by atoms with Gasteiger partial charge in [0.1, 0.15) is 0 Å². The molecule has 0 fully saturated rings. The molecule has 0 spiro atoms. The second kappa shape index (κ2) is 7.57. The number of imidazole rings is 1. The zero-order valence-corrected chi connectivity index (χ0v) is 14.7. The second-order valence-electron chi connectivity index (χ2n) is 5.53. The Morgan fingerprint density at radius 2 is 1.83 bits per heavy atom. The Bertz CT molecular complexity index is 718. The second-order valence-corrected chi connectivity index (χ2v) is 6.45. The number of nitrogens with zero attached hydrogens (tertiary/aromatic N) is 2. The van der Waals surface area contributed by atoms with E-state index in [9.17, 15) is 0 Å². The molecule has 1 heterocycles. The minimum atomic E-state index is 0.372. The summed E-state index contributed by atoms with van der Waals surface area (Å²) in [5, 5.41) is 3.64. The molecule has 0 radical (unpaired) electrons. The third-order valence-corrected chi connectivity index (χ3v) is 4.50. The van der Waals surface area contributed by atoms with Gasteiger partial charge in [0.05, 0.1) is 6.33 Å². The van der Waals surface area contributed by atoms with Gasteiger partial charge in [0.2, 0.25) is 0 Å². The van der Waals surface area contributed by atoms with E-state index in [1.54, 1.807) is 6.20 Å². The van der Waals surface area contributed by atoms with E-state index in [-0.39, 0.29) is 0 Å². The Labute approximate surface area is 145 Å². The van der Waals surface area contributed by atoms with Gasteiger partial charge in [-0.2, -0.15) is 0 Å². The highest BCUT2D eigenvalue weighted by Gasteiger charge is 2.08. The van der Waals surface area contributed by atoms with Crippen LogP contribution in [0.25, 0.3) is 5.69 Å². The molecule has 3 aromatic rings. The van der Waals surface area contributed by atoms with Crippen LogP contribution in [0.1, 0.15) is 30.5 Å². The third-order valence-electron chi connectivity index (χ3n) is 3.97. The molecule has 3 nitrogen and oxygen atoms in total. The molecule has 0 saturated carbocycles. The van der Waals surface area contributed by atoms with Gasteiger partial charge in [0.25, 0.3) is 0 Å². The highest BCUT2D eigenvalue weighted by Crippen LogP contribution is 2.20. The molecule has 1 aromatic heterocycles. The predicted molar refractivity (Wildman–Crippen MR) is 97.6 cm³/mol. The molecule has 23 heavy (non-hydrogen) atoms. The van der Waals surface area contributed by atoms with Crippen LogP contribution in [0.3, 0.4) is 0 Å². The van der Waals surface area contributed by atoms with E-state index >= 15 is 0 Å². The van der Waals surface area contributed by atoms with Crippen molar-refractivity contribution in [3.63, 3.8) is 0 Å². The van der Waals surface area contributed by atoms with Gasteiger partial charge in [-0.1, -0.05) is 47.1 Å². The highest BCUT2D eigenvalue weighted by molar-refractivity contribution is 9.10. The van der Waals surface area contributed by atoms with Crippen LogP contribution in [-0.4, -0.2) is 9.55 Å². The molecule has 4 heteroatoms. The number of aromatic nitrogens is 2. The summed E-state index contributed by atoms with van der Waals surface area (Å²) in [5.41, 5.74) is 3.74. The molecule has 118 valence electrons. The smallest absolute Gasteiger partial charge is 0.0991 e. The van der Waals surface area contributed by atoms with Crippen molar-refractivity contribution in [2.75, 3.05) is 0 Å². The lowest BCUT2D eigenvalue weighted by molar-refractivity contribution is 0.519. The average Bonchev–Trinajstić information content (AvgIpc) is 3.12. The topological polar surface area (TPSA) is 29.9 Å². The Hall–Kier alpha value is -1.91. The van der Waals surface area contributed by atoms with Crippen molar-refractivity contribution in [3.8, 4) is 5.69 Å². The summed E-state index contributed by atoms with van der Waals surface area (Å²) < 4.78 is 3.12. The molecule has 1 N–H and O–H groups in total. The molecule has 0 amide bonds. The van der Waals surface area contributed by atoms with Crippen molar-refractivity contribution >= 4 is 15.9 Å². The van der Waals surface area contributed by atoms with Crippen molar-refractivity contribution in [1.29, 1.82) is 0 Å². The van der Waals surface area contributed by atoms with Gasteiger partial charge < -0.3 is 9.88 Å². The fourth-order valence-corrected chi connectivity index (χ4v) is 2.90. The van der Waals surface area contributed by atoms with Gasteiger partial charge in [-0.15, -0.1) is 0 Å². The Morgan fingerprint density at radius 3 is 2.43 bits per heavy atom. The van der Waals surface area contributed by atoms with E-state index in [4.69, 9.17) is 0 Å². The SMILES string of the molecule is CCC(NCc1ccc(-n2ccnc2)cc1)c1ccc(Br)cc1. The monoisotopic (exact) mass is 369 g/mol. The summed E-state index contributed by atoms with van der Waals surface area (Å²) in [6, 6.07) is 17.5. The Morgan fingerprint density at radius 1 is 1.09 bits per heavy atom. The predicted octanol–water partition coefficient (Wildman–Crippen LogP) is 4.88. The lowest BCUT2D eigenvalue weighted by Gasteiger charge is -2.18. The van der Waals surface area contributed by atoms with E-state index in [2.05, 4.69) is 81.7 Å². The van der Waals surface area contributed by atoms with Crippen molar-refractivity contribution in [2.24, 2.45) is 0 Å². The van der Waals surface area contributed by atoms with Gasteiger partial charge in [-0.05, 0) is 41.8 Å². The number of halogens is 1. The maximum Gasteiger partial charge on any atom is 0.0991 e. The van der Waals surface area contributed by atoms with Crippen LogP contribution in [0.4, 0.5) is 0 Å². The third kappa shape index (κ3) is 4.09. The van der Waals surface area contributed by atoms with Crippen molar-refractivity contribution in [1.82, 2.24) is 14.9 Å². The summed E-state index contributed by atoms with van der Waals surface area (Å²) in [7, 11) is 0. The van der Waals surface area contributed by atoms with Crippen LogP contribution in [0.5, 0.6) is 0 Å². The first-order valence-corrected chi connectivity index (χ1v) is 8.61. The molecule has 0 bridgehead atoms. The summed E-state index contributed by atoms with van der Waals surface area (Å²) >= 11 is 3.49. The maximum atomic E-state index is 4.08. The summed E-state index contributed by atoms with van der Waals surface area (Å²) in [4.78, 5) is 4.08. The van der Waals surface area contributed by atoms with Crippen LogP contribution < -0.4 is 5.32 Å². The van der Waals surface area contributed by atoms with Gasteiger partial charge in [0, 0.05) is 35.1 Å². The fraction of sp³-hybridized carbons (Fsp3) is 0.211. The molecular formula is C19H20BrN3. The molecule has 2 aromatic carbocycles. The number of hydrogen-bond donors (Lipinski definition) is 1. The minimum Gasteiger partial charge on any atom is -0.306 e. The van der Waals surface area contributed by atoms with Gasteiger partial charge in [-0.25, -0.2) is 4.98 Å². The van der Waals surface area contributed by atoms with Crippen molar-refractivity contribution in [2.45, 2.75) is 25.9 Å². The first-order chi connectivity index (χ1) is 11.3. The lowest BCUT2D eigenvalue weighted by atomic mass is 10.0. The summed E-state index contributed by atoms with van der Waals surface area (Å²) in [6.45, 7) is 3.07. The van der Waals surface area contributed by atoms with Crippen LogP contribution in [0.2, 0.25) is 0 Å². The Kier molecular flexibility index (Phi) is 5.26. The molecule has 1 atom stereocenters. The molecular weight excluding hydrogens is 350 g/mol.